The highest BCUT2D eigenvalue weighted by atomic mass is 16.5. The molecule has 0 bridgehead atoms. The Morgan fingerprint density at radius 1 is 1.04 bits per heavy atom. The van der Waals surface area contributed by atoms with Crippen molar-refractivity contribution in [2.24, 2.45) is 5.10 Å². The molecule has 3 aromatic rings. The van der Waals surface area contributed by atoms with Crippen LogP contribution in [0.2, 0.25) is 0 Å². The van der Waals surface area contributed by atoms with Crippen molar-refractivity contribution in [1.29, 1.82) is 0 Å². The molecule has 0 aliphatic heterocycles. The molecule has 0 aliphatic rings. The average Bonchev–Trinajstić information content (AvgIpc) is 3.15. The van der Waals surface area contributed by atoms with Gasteiger partial charge in [-0.3, -0.25) is 0 Å². The lowest BCUT2D eigenvalue weighted by atomic mass is 10.1. The van der Waals surface area contributed by atoms with Gasteiger partial charge < -0.3 is 9.47 Å². The fraction of sp³-hybridized carbons (Fsp3) is 0.167. The van der Waals surface area contributed by atoms with Crippen molar-refractivity contribution in [3.05, 3.63) is 72.3 Å². The van der Waals surface area contributed by atoms with Crippen molar-refractivity contribution >= 4 is 6.21 Å². The molecule has 0 spiro atoms. The van der Waals surface area contributed by atoms with Gasteiger partial charge in [-0.2, -0.15) is 5.10 Å². The summed E-state index contributed by atoms with van der Waals surface area (Å²) in [6.45, 7) is 2.01. The molecule has 1 aromatic heterocycles. The first-order valence-corrected chi connectivity index (χ1v) is 7.55. The van der Waals surface area contributed by atoms with Gasteiger partial charge >= 0.3 is 0 Å². The Labute approximate surface area is 140 Å². The zero-order valence-corrected chi connectivity index (χ0v) is 13.5. The fourth-order valence-electron chi connectivity index (χ4n) is 2.23. The van der Waals surface area contributed by atoms with Gasteiger partial charge in [-0.25, -0.2) is 4.68 Å². The topological polar surface area (TPSA) is 61.5 Å². The average molecular weight is 322 g/mol. The second-order valence-electron chi connectivity index (χ2n) is 5.17. The Hall–Kier alpha value is -3.15. The maximum absolute atomic E-state index is 6.03. The summed E-state index contributed by atoms with van der Waals surface area (Å²) in [7, 11) is 1.62. The third kappa shape index (κ3) is 3.78. The molecule has 3 rings (SSSR count). The molecule has 0 amide bonds. The number of aromatic nitrogens is 3. The van der Waals surface area contributed by atoms with E-state index in [1.54, 1.807) is 13.3 Å². The van der Waals surface area contributed by atoms with E-state index in [-0.39, 0.29) is 6.10 Å². The van der Waals surface area contributed by atoms with Crippen LogP contribution in [0.25, 0.3) is 0 Å². The van der Waals surface area contributed by atoms with Crippen LogP contribution in [0, 0.1) is 0 Å². The zero-order valence-electron chi connectivity index (χ0n) is 13.5. The number of rotatable bonds is 6. The first kappa shape index (κ1) is 15.7. The van der Waals surface area contributed by atoms with E-state index in [1.165, 1.54) is 17.3 Å². The van der Waals surface area contributed by atoms with Crippen molar-refractivity contribution in [3.8, 4) is 11.5 Å². The van der Waals surface area contributed by atoms with Gasteiger partial charge in [0.2, 0.25) is 0 Å². The summed E-state index contributed by atoms with van der Waals surface area (Å²) < 4.78 is 13.0. The van der Waals surface area contributed by atoms with Crippen LogP contribution in [0.4, 0.5) is 0 Å². The van der Waals surface area contributed by atoms with E-state index < -0.39 is 0 Å². The first-order valence-electron chi connectivity index (χ1n) is 7.55. The SMILES string of the molecule is COc1cc(/C=N\n2cnnc2)ccc1O[C@@H](C)c1ccccc1. The van der Waals surface area contributed by atoms with Crippen LogP contribution in [0.5, 0.6) is 11.5 Å². The number of benzene rings is 2. The molecule has 1 atom stereocenters. The molecule has 0 saturated heterocycles. The number of methoxy groups -OCH3 is 1. The van der Waals surface area contributed by atoms with Crippen molar-refractivity contribution in [3.63, 3.8) is 0 Å². The van der Waals surface area contributed by atoms with Crippen molar-refractivity contribution < 1.29 is 9.47 Å². The van der Waals surface area contributed by atoms with E-state index in [4.69, 9.17) is 9.47 Å². The van der Waals surface area contributed by atoms with Crippen LogP contribution >= 0.6 is 0 Å². The molecule has 6 heteroatoms. The summed E-state index contributed by atoms with van der Waals surface area (Å²) in [4.78, 5) is 0. The van der Waals surface area contributed by atoms with Gasteiger partial charge in [-0.15, -0.1) is 10.2 Å². The Bertz CT molecular complexity index is 801. The lowest BCUT2D eigenvalue weighted by Gasteiger charge is -2.17. The van der Waals surface area contributed by atoms with Crippen LogP contribution in [0.3, 0.4) is 0 Å². The fourth-order valence-corrected chi connectivity index (χ4v) is 2.23. The lowest BCUT2D eigenvalue weighted by molar-refractivity contribution is 0.216. The predicted molar refractivity (Wildman–Crippen MR) is 91.5 cm³/mol. The van der Waals surface area contributed by atoms with Crippen molar-refractivity contribution in [2.45, 2.75) is 13.0 Å². The highest BCUT2D eigenvalue weighted by molar-refractivity contribution is 5.80. The molecule has 24 heavy (non-hydrogen) atoms. The monoisotopic (exact) mass is 322 g/mol. The standard InChI is InChI=1S/C18H18N4O2/c1-14(16-6-4-3-5-7-16)24-17-9-8-15(10-18(17)23-2)11-21-22-12-19-20-13-22/h3-14H,1-2H3/b21-11-/t14-/m0/s1. The van der Waals surface area contributed by atoms with Crippen LogP contribution < -0.4 is 9.47 Å². The Balaban J connectivity index is 1.77. The Morgan fingerprint density at radius 2 is 1.79 bits per heavy atom. The van der Waals surface area contributed by atoms with Gasteiger partial charge in [0.05, 0.1) is 13.3 Å². The predicted octanol–water partition coefficient (Wildman–Crippen LogP) is 3.31. The van der Waals surface area contributed by atoms with E-state index >= 15 is 0 Å². The van der Waals surface area contributed by atoms with Gasteiger partial charge in [-0.1, -0.05) is 30.3 Å². The molecular formula is C18H18N4O2. The van der Waals surface area contributed by atoms with E-state index in [2.05, 4.69) is 15.3 Å². The maximum Gasteiger partial charge on any atom is 0.162 e. The molecule has 6 nitrogen and oxygen atoms in total. The summed E-state index contributed by atoms with van der Waals surface area (Å²) in [6.07, 6.45) is 4.67. The van der Waals surface area contributed by atoms with Crippen molar-refractivity contribution in [1.82, 2.24) is 14.9 Å². The second-order valence-corrected chi connectivity index (χ2v) is 5.17. The summed E-state index contributed by atoms with van der Waals surface area (Å²) in [5.74, 6) is 1.35. The van der Waals surface area contributed by atoms with E-state index in [0.717, 1.165) is 11.1 Å². The quantitative estimate of drug-likeness (QED) is 0.653. The third-order valence-electron chi connectivity index (χ3n) is 3.51. The molecule has 122 valence electrons. The normalized spacial score (nSPS) is 12.2. The summed E-state index contributed by atoms with van der Waals surface area (Å²) in [6, 6.07) is 15.7. The van der Waals surface area contributed by atoms with Crippen LogP contribution in [-0.2, 0) is 0 Å². The summed E-state index contributed by atoms with van der Waals surface area (Å²) >= 11 is 0. The molecule has 0 aliphatic carbocycles. The first-order chi connectivity index (χ1) is 11.8. The highest BCUT2D eigenvalue weighted by Gasteiger charge is 2.11. The van der Waals surface area contributed by atoms with Gasteiger partial charge in [0.25, 0.3) is 0 Å². The Kier molecular flexibility index (Phi) is 4.86. The number of hydrogen-bond donors (Lipinski definition) is 0. The zero-order chi connectivity index (χ0) is 16.8. The molecule has 0 N–H and O–H groups in total. The number of nitrogens with zero attached hydrogens (tertiary/aromatic N) is 4. The van der Waals surface area contributed by atoms with E-state index in [1.807, 2.05) is 55.5 Å². The second kappa shape index (κ2) is 7.41. The minimum Gasteiger partial charge on any atom is -0.493 e. The van der Waals surface area contributed by atoms with Gasteiger partial charge in [0, 0.05) is 0 Å². The van der Waals surface area contributed by atoms with Gasteiger partial charge in [-0.05, 0) is 36.2 Å². The van der Waals surface area contributed by atoms with E-state index in [9.17, 15) is 0 Å². The maximum atomic E-state index is 6.03. The van der Waals surface area contributed by atoms with Crippen LogP contribution in [-0.4, -0.2) is 28.2 Å². The summed E-state index contributed by atoms with van der Waals surface area (Å²) in [5, 5.41) is 11.6. The van der Waals surface area contributed by atoms with Crippen molar-refractivity contribution in [2.75, 3.05) is 7.11 Å². The minimum absolute atomic E-state index is 0.0726. The Morgan fingerprint density at radius 3 is 2.50 bits per heavy atom. The van der Waals surface area contributed by atoms with Crippen LogP contribution in [0.1, 0.15) is 24.2 Å². The molecule has 2 aromatic carbocycles. The molecule has 0 fully saturated rings. The number of ether oxygens (including phenoxy) is 2. The van der Waals surface area contributed by atoms with E-state index in [0.29, 0.717) is 11.5 Å². The largest absolute Gasteiger partial charge is 0.493 e. The van der Waals surface area contributed by atoms with Gasteiger partial charge in [0.1, 0.15) is 18.8 Å². The molecule has 0 radical (unpaired) electrons. The molecular weight excluding hydrogens is 304 g/mol. The smallest absolute Gasteiger partial charge is 0.162 e. The lowest BCUT2D eigenvalue weighted by Crippen LogP contribution is -2.04. The summed E-state index contributed by atoms with van der Waals surface area (Å²) in [5.41, 5.74) is 2.00. The molecule has 1 heterocycles. The number of hydrogen-bond acceptors (Lipinski definition) is 5. The van der Waals surface area contributed by atoms with Crippen LogP contribution in [0.15, 0.2) is 66.3 Å². The molecule has 0 saturated carbocycles. The molecule has 0 unspecified atom stereocenters. The van der Waals surface area contributed by atoms with Gasteiger partial charge in [0.15, 0.2) is 11.5 Å². The highest BCUT2D eigenvalue weighted by Crippen LogP contribution is 2.31. The minimum atomic E-state index is -0.0726. The third-order valence-corrected chi connectivity index (χ3v) is 3.51.